The van der Waals surface area contributed by atoms with Crippen molar-refractivity contribution in [2.45, 2.75) is 53.0 Å². The fourth-order valence-electron chi connectivity index (χ4n) is 3.51. The van der Waals surface area contributed by atoms with Crippen LogP contribution in [0.25, 0.3) is 0 Å². The Morgan fingerprint density at radius 2 is 1.59 bits per heavy atom. The minimum atomic E-state index is -3.61. The van der Waals surface area contributed by atoms with Crippen LogP contribution in [0.3, 0.4) is 0 Å². The first-order chi connectivity index (χ1) is 13.6. The van der Waals surface area contributed by atoms with Gasteiger partial charge in [0.05, 0.1) is 11.9 Å². The van der Waals surface area contributed by atoms with E-state index in [1.165, 1.54) is 15.4 Å². The number of anilines is 1. The van der Waals surface area contributed by atoms with Crippen molar-refractivity contribution >= 4 is 21.6 Å². The monoisotopic (exact) mass is 416 g/mol. The first kappa shape index (κ1) is 22.9. The number of aryl methyl sites for hydroxylation is 4. The molecule has 0 spiro atoms. The highest BCUT2D eigenvalue weighted by molar-refractivity contribution is 7.92. The summed E-state index contributed by atoms with van der Waals surface area (Å²) in [6, 6.07) is 13.2. The number of benzene rings is 2. The normalized spacial score (nSPS) is 12.4. The summed E-state index contributed by atoms with van der Waals surface area (Å²) in [5.41, 5.74) is 4.90. The van der Waals surface area contributed by atoms with Gasteiger partial charge in [-0.1, -0.05) is 42.8 Å². The highest BCUT2D eigenvalue weighted by atomic mass is 32.2. The van der Waals surface area contributed by atoms with E-state index in [0.29, 0.717) is 18.7 Å². The van der Waals surface area contributed by atoms with Gasteiger partial charge < -0.3 is 5.32 Å². The predicted octanol–water partition coefficient (Wildman–Crippen LogP) is 3.91. The van der Waals surface area contributed by atoms with Crippen molar-refractivity contribution in [2.24, 2.45) is 0 Å². The van der Waals surface area contributed by atoms with Crippen LogP contribution in [0.15, 0.2) is 42.5 Å². The molecule has 158 valence electrons. The van der Waals surface area contributed by atoms with Gasteiger partial charge in [0.1, 0.15) is 6.04 Å². The number of rotatable bonds is 9. The molecule has 0 saturated carbocycles. The number of carbonyl (C=O) groups is 1. The van der Waals surface area contributed by atoms with E-state index < -0.39 is 16.1 Å². The topological polar surface area (TPSA) is 66.5 Å². The molecule has 1 atom stereocenters. The number of carbonyl (C=O) groups excluding carboxylic acids is 1. The molecule has 1 N–H and O–H groups in total. The maximum atomic E-state index is 12.8. The maximum Gasteiger partial charge on any atom is 0.243 e. The van der Waals surface area contributed by atoms with Gasteiger partial charge in [-0.25, -0.2) is 8.42 Å². The van der Waals surface area contributed by atoms with Gasteiger partial charge in [-0.05, 0) is 68.9 Å². The zero-order valence-corrected chi connectivity index (χ0v) is 18.8. The first-order valence-electron chi connectivity index (χ1n) is 10.0. The number of amides is 1. The molecule has 0 aliphatic heterocycles. The summed E-state index contributed by atoms with van der Waals surface area (Å²) < 4.78 is 26.3. The summed E-state index contributed by atoms with van der Waals surface area (Å²) in [4.78, 5) is 12.8. The lowest BCUT2D eigenvalue weighted by molar-refractivity contribution is -0.122. The SMILES string of the molecule is CCC(C(=O)NCCCc1ccc(C)cc1)N(c1cc(C)cc(C)c1)S(C)(=O)=O. The molecule has 0 heterocycles. The molecule has 1 unspecified atom stereocenters. The van der Waals surface area contributed by atoms with Crippen LogP contribution < -0.4 is 9.62 Å². The van der Waals surface area contributed by atoms with Gasteiger partial charge in [0.25, 0.3) is 0 Å². The van der Waals surface area contributed by atoms with Gasteiger partial charge in [0, 0.05) is 6.54 Å². The minimum Gasteiger partial charge on any atom is -0.354 e. The van der Waals surface area contributed by atoms with E-state index in [-0.39, 0.29) is 5.91 Å². The van der Waals surface area contributed by atoms with E-state index in [9.17, 15) is 13.2 Å². The average molecular weight is 417 g/mol. The van der Waals surface area contributed by atoms with Crippen LogP contribution in [0.5, 0.6) is 0 Å². The molecule has 1 amide bonds. The lowest BCUT2D eigenvalue weighted by Gasteiger charge is -2.30. The number of hydrogen-bond donors (Lipinski definition) is 1. The Hall–Kier alpha value is -2.34. The van der Waals surface area contributed by atoms with Crippen LogP contribution in [-0.2, 0) is 21.2 Å². The van der Waals surface area contributed by atoms with Gasteiger partial charge in [0.2, 0.25) is 15.9 Å². The average Bonchev–Trinajstić information content (AvgIpc) is 2.62. The standard InChI is InChI=1S/C23H32N2O3S/c1-6-22(23(26)24-13-7-8-20-11-9-17(2)10-12-20)25(29(5,27)28)21-15-18(3)14-19(4)16-21/h9-12,14-16,22H,6-8,13H2,1-5H3,(H,24,26). The highest BCUT2D eigenvalue weighted by Crippen LogP contribution is 2.25. The Labute approximate surface area is 175 Å². The third-order valence-electron chi connectivity index (χ3n) is 4.85. The van der Waals surface area contributed by atoms with Crippen LogP contribution in [0.4, 0.5) is 5.69 Å². The zero-order valence-electron chi connectivity index (χ0n) is 18.0. The molecule has 0 radical (unpaired) electrons. The van der Waals surface area contributed by atoms with Crippen molar-refractivity contribution in [3.05, 3.63) is 64.7 Å². The van der Waals surface area contributed by atoms with Crippen LogP contribution in [-0.4, -0.2) is 33.2 Å². The summed E-state index contributed by atoms with van der Waals surface area (Å²) >= 11 is 0. The lowest BCUT2D eigenvalue weighted by atomic mass is 10.1. The zero-order chi connectivity index (χ0) is 21.6. The van der Waals surface area contributed by atoms with Crippen LogP contribution in [0.2, 0.25) is 0 Å². The number of nitrogens with one attached hydrogen (secondary N) is 1. The molecule has 0 saturated heterocycles. The smallest absolute Gasteiger partial charge is 0.243 e. The summed E-state index contributed by atoms with van der Waals surface area (Å²) in [5, 5.41) is 2.92. The lowest BCUT2D eigenvalue weighted by Crippen LogP contribution is -2.49. The van der Waals surface area contributed by atoms with Crippen LogP contribution in [0, 0.1) is 20.8 Å². The fourth-order valence-corrected chi connectivity index (χ4v) is 4.71. The van der Waals surface area contributed by atoms with Crippen LogP contribution in [0.1, 0.15) is 42.0 Å². The van der Waals surface area contributed by atoms with Crippen molar-refractivity contribution in [2.75, 3.05) is 17.1 Å². The van der Waals surface area contributed by atoms with E-state index in [0.717, 1.165) is 30.2 Å². The van der Waals surface area contributed by atoms with Crippen molar-refractivity contribution in [1.29, 1.82) is 0 Å². The summed E-state index contributed by atoms with van der Waals surface area (Å²) in [6.45, 7) is 8.23. The van der Waals surface area contributed by atoms with Gasteiger partial charge in [-0.3, -0.25) is 9.10 Å². The third-order valence-corrected chi connectivity index (χ3v) is 6.03. The maximum absolute atomic E-state index is 12.8. The predicted molar refractivity (Wildman–Crippen MR) is 120 cm³/mol. The number of hydrogen-bond acceptors (Lipinski definition) is 3. The van der Waals surface area contributed by atoms with Crippen molar-refractivity contribution in [3.63, 3.8) is 0 Å². The largest absolute Gasteiger partial charge is 0.354 e. The van der Waals surface area contributed by atoms with Gasteiger partial charge in [0.15, 0.2) is 0 Å². The molecule has 0 fully saturated rings. The number of nitrogens with zero attached hydrogens (tertiary/aromatic N) is 1. The quantitative estimate of drug-likeness (QED) is 0.631. The molecule has 2 rings (SSSR count). The molecule has 6 heteroatoms. The van der Waals surface area contributed by atoms with Gasteiger partial charge in [-0.2, -0.15) is 0 Å². The molecule has 0 aliphatic rings. The Balaban J connectivity index is 2.08. The Bertz CT molecular complexity index is 917. The summed E-state index contributed by atoms with van der Waals surface area (Å²) in [7, 11) is -3.61. The molecule has 0 aliphatic carbocycles. The Kier molecular flexibility index (Phi) is 7.85. The first-order valence-corrected chi connectivity index (χ1v) is 11.9. The molecule has 2 aromatic rings. The molecule has 29 heavy (non-hydrogen) atoms. The van der Waals surface area contributed by atoms with Gasteiger partial charge >= 0.3 is 0 Å². The second-order valence-electron chi connectivity index (χ2n) is 7.71. The minimum absolute atomic E-state index is 0.263. The molecular formula is C23H32N2O3S. The number of sulfonamides is 1. The highest BCUT2D eigenvalue weighted by Gasteiger charge is 2.31. The van der Waals surface area contributed by atoms with Gasteiger partial charge in [-0.15, -0.1) is 0 Å². The summed E-state index contributed by atoms with van der Waals surface area (Å²) in [6.07, 6.45) is 3.21. The van der Waals surface area contributed by atoms with Crippen molar-refractivity contribution in [3.8, 4) is 0 Å². The molecule has 0 bridgehead atoms. The van der Waals surface area contributed by atoms with Crippen molar-refractivity contribution in [1.82, 2.24) is 5.32 Å². The fraction of sp³-hybridized carbons (Fsp3) is 0.435. The van der Waals surface area contributed by atoms with E-state index >= 15 is 0 Å². The third kappa shape index (κ3) is 6.60. The summed E-state index contributed by atoms with van der Waals surface area (Å²) in [5.74, 6) is -0.263. The van der Waals surface area contributed by atoms with E-state index in [1.54, 1.807) is 12.1 Å². The van der Waals surface area contributed by atoms with E-state index in [2.05, 4.69) is 36.5 Å². The Morgan fingerprint density at radius 3 is 2.10 bits per heavy atom. The Morgan fingerprint density at radius 1 is 1.00 bits per heavy atom. The second-order valence-corrected chi connectivity index (χ2v) is 9.57. The van der Waals surface area contributed by atoms with Crippen LogP contribution >= 0.6 is 0 Å². The molecule has 2 aromatic carbocycles. The molecule has 0 aromatic heterocycles. The molecule has 5 nitrogen and oxygen atoms in total. The van der Waals surface area contributed by atoms with E-state index in [4.69, 9.17) is 0 Å². The van der Waals surface area contributed by atoms with E-state index in [1.807, 2.05) is 26.8 Å². The molecular weight excluding hydrogens is 384 g/mol. The van der Waals surface area contributed by atoms with Crippen molar-refractivity contribution < 1.29 is 13.2 Å². The second kappa shape index (κ2) is 9.92.